The van der Waals surface area contributed by atoms with Crippen molar-refractivity contribution in [2.45, 2.75) is 59.1 Å². The zero-order valence-electron chi connectivity index (χ0n) is 21.0. The summed E-state index contributed by atoms with van der Waals surface area (Å²) < 4.78 is 13.5. The van der Waals surface area contributed by atoms with Gasteiger partial charge in [0.2, 0.25) is 5.88 Å². The fourth-order valence-corrected chi connectivity index (χ4v) is 3.96. The monoisotopic (exact) mass is 479 g/mol. The zero-order chi connectivity index (χ0) is 25.0. The predicted molar refractivity (Wildman–Crippen MR) is 137 cm³/mol. The van der Waals surface area contributed by atoms with Gasteiger partial charge in [-0.2, -0.15) is 5.10 Å². The molecule has 0 spiro atoms. The molecular weight excluding hydrogens is 442 g/mol. The molecule has 0 aliphatic rings. The SMILES string of the molecule is CCCC(=O)OC[C@H](O)CN(CCC)Cc1c(CC)nn(-c2ccccc2)c1Oc1ccccc1. The van der Waals surface area contributed by atoms with Gasteiger partial charge in [-0.25, -0.2) is 4.68 Å². The largest absolute Gasteiger partial charge is 0.463 e. The average molecular weight is 480 g/mol. The summed E-state index contributed by atoms with van der Waals surface area (Å²) in [6, 6.07) is 19.6. The molecule has 2 aromatic carbocycles. The fraction of sp³-hybridized carbons (Fsp3) is 0.429. The number of nitrogens with zero attached hydrogens (tertiary/aromatic N) is 3. The number of aliphatic hydroxyl groups excluding tert-OH is 1. The lowest BCUT2D eigenvalue weighted by Gasteiger charge is -2.25. The second kappa shape index (κ2) is 13.7. The first-order valence-corrected chi connectivity index (χ1v) is 12.5. The molecule has 0 aliphatic heterocycles. The van der Waals surface area contributed by atoms with E-state index in [4.69, 9.17) is 14.6 Å². The van der Waals surface area contributed by atoms with Gasteiger partial charge < -0.3 is 14.6 Å². The van der Waals surface area contributed by atoms with Gasteiger partial charge in [0.15, 0.2) is 0 Å². The van der Waals surface area contributed by atoms with Crippen LogP contribution in [0.2, 0.25) is 0 Å². The quantitative estimate of drug-likeness (QED) is 0.323. The highest BCUT2D eigenvalue weighted by Gasteiger charge is 2.23. The Morgan fingerprint density at radius 3 is 2.34 bits per heavy atom. The maximum atomic E-state index is 11.7. The second-order valence-corrected chi connectivity index (χ2v) is 8.57. The average Bonchev–Trinajstić information content (AvgIpc) is 3.21. The Morgan fingerprint density at radius 1 is 1.03 bits per heavy atom. The summed E-state index contributed by atoms with van der Waals surface area (Å²) in [4.78, 5) is 13.9. The number of carbonyl (C=O) groups is 1. The van der Waals surface area contributed by atoms with E-state index in [0.717, 1.165) is 48.5 Å². The third-order valence-electron chi connectivity index (χ3n) is 5.59. The Hall–Kier alpha value is -3.16. The number of benzene rings is 2. The Kier molecular flexibility index (Phi) is 10.3. The molecule has 0 unspecified atom stereocenters. The molecule has 0 amide bonds. The van der Waals surface area contributed by atoms with Crippen molar-refractivity contribution in [1.29, 1.82) is 0 Å². The van der Waals surface area contributed by atoms with E-state index < -0.39 is 6.10 Å². The molecule has 1 atom stereocenters. The molecule has 1 N–H and O–H groups in total. The van der Waals surface area contributed by atoms with Crippen LogP contribution in [0.5, 0.6) is 11.6 Å². The van der Waals surface area contributed by atoms with Crippen LogP contribution in [0.25, 0.3) is 5.69 Å². The van der Waals surface area contributed by atoms with Gasteiger partial charge in [0.05, 0.1) is 16.9 Å². The van der Waals surface area contributed by atoms with Crippen molar-refractivity contribution in [1.82, 2.24) is 14.7 Å². The van der Waals surface area contributed by atoms with Gasteiger partial charge >= 0.3 is 5.97 Å². The summed E-state index contributed by atoms with van der Waals surface area (Å²) in [5.41, 5.74) is 2.86. The molecule has 0 bridgehead atoms. The Labute approximate surface area is 208 Å². The minimum atomic E-state index is -0.768. The number of rotatable bonds is 14. The van der Waals surface area contributed by atoms with Crippen LogP contribution >= 0.6 is 0 Å². The number of carbonyl (C=O) groups excluding carboxylic acids is 1. The number of ether oxygens (including phenoxy) is 2. The van der Waals surface area contributed by atoms with Crippen molar-refractivity contribution in [3.63, 3.8) is 0 Å². The number of hydrogen-bond acceptors (Lipinski definition) is 6. The van der Waals surface area contributed by atoms with Gasteiger partial charge in [0.25, 0.3) is 0 Å². The maximum absolute atomic E-state index is 11.7. The van der Waals surface area contributed by atoms with E-state index in [1.807, 2.05) is 72.3 Å². The lowest BCUT2D eigenvalue weighted by molar-refractivity contribution is -0.147. The van der Waals surface area contributed by atoms with E-state index in [1.165, 1.54) is 0 Å². The molecule has 0 saturated heterocycles. The molecule has 1 heterocycles. The van der Waals surface area contributed by atoms with E-state index in [1.54, 1.807) is 0 Å². The number of aromatic nitrogens is 2. The number of hydrogen-bond donors (Lipinski definition) is 1. The van der Waals surface area contributed by atoms with Gasteiger partial charge in [-0.1, -0.05) is 57.2 Å². The third-order valence-corrected chi connectivity index (χ3v) is 5.59. The normalized spacial score (nSPS) is 12.0. The Morgan fingerprint density at radius 2 is 1.71 bits per heavy atom. The van der Waals surface area contributed by atoms with Crippen molar-refractivity contribution < 1.29 is 19.4 Å². The van der Waals surface area contributed by atoms with Crippen LogP contribution in [-0.2, 0) is 22.5 Å². The van der Waals surface area contributed by atoms with Crippen LogP contribution in [0, 0.1) is 0 Å². The van der Waals surface area contributed by atoms with Gasteiger partial charge in [0.1, 0.15) is 18.5 Å². The molecule has 7 heteroatoms. The molecule has 0 saturated carbocycles. The zero-order valence-corrected chi connectivity index (χ0v) is 21.0. The van der Waals surface area contributed by atoms with Gasteiger partial charge in [-0.05, 0) is 50.1 Å². The molecule has 1 aromatic heterocycles. The molecule has 3 aromatic rings. The predicted octanol–water partition coefficient (Wildman–Crippen LogP) is 5.14. The number of para-hydroxylation sites is 2. The van der Waals surface area contributed by atoms with E-state index in [0.29, 0.717) is 25.4 Å². The van der Waals surface area contributed by atoms with E-state index in [-0.39, 0.29) is 12.6 Å². The summed E-state index contributed by atoms with van der Waals surface area (Å²) >= 11 is 0. The first-order chi connectivity index (χ1) is 17.0. The number of aryl methyl sites for hydroxylation is 1. The van der Waals surface area contributed by atoms with E-state index in [9.17, 15) is 9.90 Å². The van der Waals surface area contributed by atoms with Gasteiger partial charge in [0, 0.05) is 19.5 Å². The van der Waals surface area contributed by atoms with Crippen molar-refractivity contribution in [3.05, 3.63) is 71.9 Å². The summed E-state index contributed by atoms with van der Waals surface area (Å²) in [5.74, 6) is 1.13. The summed E-state index contributed by atoms with van der Waals surface area (Å²) in [5, 5.41) is 15.5. The third kappa shape index (κ3) is 7.67. The maximum Gasteiger partial charge on any atom is 0.305 e. The van der Waals surface area contributed by atoms with E-state index >= 15 is 0 Å². The van der Waals surface area contributed by atoms with Gasteiger partial charge in [-0.3, -0.25) is 9.69 Å². The fourth-order valence-electron chi connectivity index (χ4n) is 3.96. The Balaban J connectivity index is 1.89. The molecule has 188 valence electrons. The highest BCUT2D eigenvalue weighted by atomic mass is 16.5. The van der Waals surface area contributed by atoms with Crippen LogP contribution in [0.15, 0.2) is 60.7 Å². The molecule has 0 fully saturated rings. The van der Waals surface area contributed by atoms with Crippen molar-refractivity contribution in [2.75, 3.05) is 19.7 Å². The standard InChI is InChI=1S/C28H37N3O4/c1-4-13-27(33)34-21-23(32)19-30(18-5-2)20-25-26(6-3)29-31(22-14-9-7-10-15-22)28(25)35-24-16-11-8-12-17-24/h7-12,14-17,23,32H,4-6,13,18-21H2,1-3H3/t23-/m1/s1. The highest BCUT2D eigenvalue weighted by Crippen LogP contribution is 2.32. The van der Waals surface area contributed by atoms with Crippen LogP contribution in [0.4, 0.5) is 0 Å². The number of aliphatic hydroxyl groups is 1. The summed E-state index contributed by atoms with van der Waals surface area (Å²) in [6.07, 6.45) is 1.99. The molecule has 35 heavy (non-hydrogen) atoms. The highest BCUT2D eigenvalue weighted by molar-refractivity contribution is 5.69. The first kappa shape index (κ1) is 26.4. The molecule has 0 radical (unpaired) electrons. The molecule has 0 aliphatic carbocycles. The first-order valence-electron chi connectivity index (χ1n) is 12.5. The van der Waals surface area contributed by atoms with Crippen LogP contribution in [0.3, 0.4) is 0 Å². The summed E-state index contributed by atoms with van der Waals surface area (Å²) in [7, 11) is 0. The van der Waals surface area contributed by atoms with Gasteiger partial charge in [-0.15, -0.1) is 0 Å². The smallest absolute Gasteiger partial charge is 0.305 e. The van der Waals surface area contributed by atoms with Crippen LogP contribution < -0.4 is 4.74 Å². The second-order valence-electron chi connectivity index (χ2n) is 8.57. The van der Waals surface area contributed by atoms with Crippen LogP contribution in [0.1, 0.15) is 51.3 Å². The molecular formula is C28H37N3O4. The van der Waals surface area contributed by atoms with Crippen LogP contribution in [-0.4, -0.2) is 51.6 Å². The lowest BCUT2D eigenvalue weighted by Crippen LogP contribution is -2.35. The van der Waals surface area contributed by atoms with Crippen molar-refractivity contribution in [3.8, 4) is 17.3 Å². The molecule has 7 nitrogen and oxygen atoms in total. The van der Waals surface area contributed by atoms with Crippen molar-refractivity contribution >= 4 is 5.97 Å². The van der Waals surface area contributed by atoms with E-state index in [2.05, 4.69) is 18.7 Å². The minimum Gasteiger partial charge on any atom is -0.463 e. The summed E-state index contributed by atoms with van der Waals surface area (Å²) in [6.45, 7) is 7.84. The Bertz CT molecular complexity index is 1040. The topological polar surface area (TPSA) is 76.8 Å². The molecule has 3 rings (SSSR count). The minimum absolute atomic E-state index is 0.00364. The number of esters is 1. The lowest BCUT2D eigenvalue weighted by atomic mass is 10.1. The van der Waals surface area contributed by atoms with Crippen molar-refractivity contribution in [2.24, 2.45) is 0 Å².